The van der Waals surface area contributed by atoms with Gasteiger partial charge in [-0.3, -0.25) is 4.79 Å². The summed E-state index contributed by atoms with van der Waals surface area (Å²) in [6.45, 7) is 5.21. The topological polar surface area (TPSA) is 107 Å². The number of carboxylic acids is 1. The molecule has 1 aromatic rings. The summed E-state index contributed by atoms with van der Waals surface area (Å²) in [7, 11) is -3.80. The first kappa shape index (κ1) is 18.1. The second-order valence-electron chi connectivity index (χ2n) is 5.61. The van der Waals surface area contributed by atoms with Crippen LogP contribution < -0.4 is 4.72 Å². The molecule has 1 atom stereocenters. The van der Waals surface area contributed by atoms with Crippen LogP contribution in [0.4, 0.5) is 0 Å². The highest BCUT2D eigenvalue weighted by atomic mass is 32.2. The fraction of sp³-hybridized carbons (Fsp3) is 0.467. The lowest BCUT2D eigenvalue weighted by Gasteiger charge is -2.16. The van der Waals surface area contributed by atoms with Gasteiger partial charge in [0.25, 0.3) is 0 Å². The van der Waals surface area contributed by atoms with Gasteiger partial charge in [0, 0.05) is 6.54 Å². The van der Waals surface area contributed by atoms with Crippen LogP contribution in [0.2, 0.25) is 0 Å². The number of hydrogen-bond acceptors (Lipinski definition) is 4. The Morgan fingerprint density at radius 2 is 2.05 bits per heavy atom. The number of hydrogen-bond donors (Lipinski definition) is 2. The minimum atomic E-state index is -3.80. The zero-order valence-corrected chi connectivity index (χ0v) is 13.6. The fourth-order valence-corrected chi connectivity index (χ4v) is 3.46. The number of aliphatic carboxylic acids is 1. The molecule has 0 aromatic heterocycles. The largest absolute Gasteiger partial charge is 0.481 e. The number of carboxylic acid groups (broad SMARTS) is 1. The molecule has 22 heavy (non-hydrogen) atoms. The monoisotopic (exact) mass is 324 g/mol. The molecule has 0 bridgehead atoms. The maximum absolute atomic E-state index is 12.3. The van der Waals surface area contributed by atoms with Crippen LogP contribution >= 0.6 is 0 Å². The van der Waals surface area contributed by atoms with Crippen molar-refractivity contribution in [2.45, 2.75) is 32.1 Å². The van der Waals surface area contributed by atoms with Gasteiger partial charge >= 0.3 is 5.97 Å². The molecule has 0 saturated carbocycles. The van der Waals surface area contributed by atoms with E-state index in [1.54, 1.807) is 6.92 Å². The van der Waals surface area contributed by atoms with Crippen LogP contribution in [0.3, 0.4) is 0 Å². The van der Waals surface area contributed by atoms with E-state index in [1.807, 2.05) is 19.9 Å². The molecular weight excluding hydrogens is 304 g/mol. The third-order valence-electron chi connectivity index (χ3n) is 3.22. The predicted molar refractivity (Wildman–Crippen MR) is 81.7 cm³/mol. The van der Waals surface area contributed by atoms with Gasteiger partial charge < -0.3 is 5.11 Å². The molecule has 0 aliphatic heterocycles. The second kappa shape index (κ2) is 7.38. The Morgan fingerprint density at radius 3 is 2.50 bits per heavy atom. The number of rotatable bonds is 7. The Kier molecular flexibility index (Phi) is 6.09. The van der Waals surface area contributed by atoms with Gasteiger partial charge in [0.05, 0.1) is 22.4 Å². The van der Waals surface area contributed by atoms with Crippen molar-refractivity contribution in [3.63, 3.8) is 0 Å². The first-order chi connectivity index (χ1) is 10.2. The quantitative estimate of drug-likeness (QED) is 0.796. The van der Waals surface area contributed by atoms with Crippen LogP contribution in [-0.2, 0) is 14.8 Å². The van der Waals surface area contributed by atoms with Crippen molar-refractivity contribution in [1.29, 1.82) is 5.26 Å². The van der Waals surface area contributed by atoms with Crippen molar-refractivity contribution in [3.05, 3.63) is 29.3 Å². The summed E-state index contributed by atoms with van der Waals surface area (Å²) in [4.78, 5) is 11.2. The van der Waals surface area contributed by atoms with E-state index in [2.05, 4.69) is 4.72 Å². The number of nitriles is 1. The Hall–Kier alpha value is -1.91. The van der Waals surface area contributed by atoms with E-state index in [1.165, 1.54) is 18.2 Å². The molecule has 120 valence electrons. The Labute approximate surface area is 130 Å². The molecule has 0 aliphatic rings. The van der Waals surface area contributed by atoms with Gasteiger partial charge in [0.1, 0.15) is 0 Å². The summed E-state index contributed by atoms with van der Waals surface area (Å²) in [6, 6.07) is 6.20. The van der Waals surface area contributed by atoms with Crippen LogP contribution in [0.25, 0.3) is 0 Å². The second-order valence-corrected chi connectivity index (χ2v) is 7.34. The van der Waals surface area contributed by atoms with E-state index in [0.717, 1.165) is 0 Å². The molecule has 6 nitrogen and oxygen atoms in total. The average Bonchev–Trinajstić information content (AvgIpc) is 2.42. The minimum absolute atomic E-state index is 0.0557. The number of sulfonamides is 1. The van der Waals surface area contributed by atoms with E-state index in [0.29, 0.717) is 17.5 Å². The Balaban J connectivity index is 2.92. The van der Waals surface area contributed by atoms with Gasteiger partial charge in [-0.15, -0.1) is 0 Å². The minimum Gasteiger partial charge on any atom is -0.481 e. The molecule has 0 saturated heterocycles. The lowest BCUT2D eigenvalue weighted by Crippen LogP contribution is -2.34. The highest BCUT2D eigenvalue weighted by molar-refractivity contribution is 7.89. The normalized spacial score (nSPS) is 12.9. The van der Waals surface area contributed by atoms with Crippen molar-refractivity contribution in [1.82, 2.24) is 4.72 Å². The van der Waals surface area contributed by atoms with E-state index in [4.69, 9.17) is 10.4 Å². The molecule has 0 fully saturated rings. The Bertz CT molecular complexity index is 690. The summed E-state index contributed by atoms with van der Waals surface area (Å²) in [6.07, 6.45) is 0.393. The molecule has 1 rings (SSSR count). The van der Waals surface area contributed by atoms with Gasteiger partial charge in [0.15, 0.2) is 0 Å². The molecule has 0 aliphatic carbocycles. The molecule has 0 heterocycles. The predicted octanol–water partition coefficient (Wildman–Crippen LogP) is 1.89. The van der Waals surface area contributed by atoms with E-state index in [-0.39, 0.29) is 17.4 Å². The summed E-state index contributed by atoms with van der Waals surface area (Å²) in [5, 5.41) is 17.9. The zero-order chi connectivity index (χ0) is 16.9. The Morgan fingerprint density at radius 1 is 1.41 bits per heavy atom. The van der Waals surface area contributed by atoms with Crippen molar-refractivity contribution in [3.8, 4) is 6.07 Å². The van der Waals surface area contributed by atoms with Crippen LogP contribution in [0.1, 0.15) is 31.4 Å². The maximum atomic E-state index is 12.3. The summed E-state index contributed by atoms with van der Waals surface area (Å²) >= 11 is 0. The number of nitrogens with one attached hydrogen (secondary N) is 1. The summed E-state index contributed by atoms with van der Waals surface area (Å²) < 4.78 is 26.9. The summed E-state index contributed by atoms with van der Waals surface area (Å²) in [5.41, 5.74) is 0.821. The molecule has 0 amide bonds. The zero-order valence-electron chi connectivity index (χ0n) is 12.8. The molecular formula is C15H20N2O4S. The first-order valence-electron chi connectivity index (χ1n) is 6.90. The van der Waals surface area contributed by atoms with Crippen molar-refractivity contribution >= 4 is 16.0 Å². The van der Waals surface area contributed by atoms with Gasteiger partial charge in [-0.2, -0.15) is 5.26 Å². The molecule has 1 unspecified atom stereocenters. The van der Waals surface area contributed by atoms with E-state index >= 15 is 0 Å². The highest BCUT2D eigenvalue weighted by Gasteiger charge is 2.23. The van der Waals surface area contributed by atoms with Crippen molar-refractivity contribution < 1.29 is 18.3 Å². The van der Waals surface area contributed by atoms with Crippen LogP contribution in [0, 0.1) is 30.1 Å². The standard InChI is InChI=1S/C15H20N2O4S/c1-10(2)6-13(15(18)19)9-17-22(20,21)14-5-4-12(8-16)7-11(14)3/h4-5,7,10,13,17H,6,9H2,1-3H3,(H,18,19). The number of aryl methyl sites for hydroxylation is 1. The molecule has 0 spiro atoms. The van der Waals surface area contributed by atoms with Gasteiger partial charge in [0.2, 0.25) is 10.0 Å². The number of benzene rings is 1. The highest BCUT2D eigenvalue weighted by Crippen LogP contribution is 2.17. The third kappa shape index (κ3) is 4.83. The maximum Gasteiger partial charge on any atom is 0.307 e. The smallest absolute Gasteiger partial charge is 0.307 e. The summed E-state index contributed by atoms with van der Waals surface area (Å²) in [5.74, 6) is -1.64. The fourth-order valence-electron chi connectivity index (χ4n) is 2.15. The van der Waals surface area contributed by atoms with E-state index < -0.39 is 21.9 Å². The van der Waals surface area contributed by atoms with Gasteiger partial charge in [-0.05, 0) is 43.0 Å². The molecule has 7 heteroatoms. The van der Waals surface area contributed by atoms with Gasteiger partial charge in [-0.25, -0.2) is 13.1 Å². The van der Waals surface area contributed by atoms with Crippen LogP contribution in [-0.4, -0.2) is 26.0 Å². The molecule has 1 aromatic carbocycles. The third-order valence-corrected chi connectivity index (χ3v) is 4.80. The van der Waals surface area contributed by atoms with E-state index in [9.17, 15) is 13.2 Å². The molecule has 2 N–H and O–H groups in total. The lowest BCUT2D eigenvalue weighted by atomic mass is 9.98. The van der Waals surface area contributed by atoms with Gasteiger partial charge in [-0.1, -0.05) is 13.8 Å². The van der Waals surface area contributed by atoms with Crippen LogP contribution in [0.15, 0.2) is 23.1 Å². The first-order valence-corrected chi connectivity index (χ1v) is 8.39. The molecule has 0 radical (unpaired) electrons. The number of carbonyl (C=O) groups is 1. The SMILES string of the molecule is Cc1cc(C#N)ccc1S(=O)(=O)NCC(CC(C)C)C(=O)O. The average molecular weight is 324 g/mol. The lowest BCUT2D eigenvalue weighted by molar-refractivity contribution is -0.142. The van der Waals surface area contributed by atoms with Crippen molar-refractivity contribution in [2.24, 2.45) is 11.8 Å². The van der Waals surface area contributed by atoms with Crippen LogP contribution in [0.5, 0.6) is 0 Å². The van der Waals surface area contributed by atoms with Crippen molar-refractivity contribution in [2.75, 3.05) is 6.54 Å². The number of nitrogens with zero attached hydrogens (tertiary/aromatic N) is 1.